The Labute approximate surface area is 123 Å². The first-order chi connectivity index (χ1) is 9.36. The van der Waals surface area contributed by atoms with Gasteiger partial charge in [-0.05, 0) is 36.1 Å². The Morgan fingerprint density at radius 3 is 2.42 bits per heavy atom. The van der Waals surface area contributed by atoms with Crippen molar-refractivity contribution in [2.75, 3.05) is 13.1 Å². The molecule has 2 unspecified atom stereocenters. The molecule has 1 fully saturated rings. The number of hydrogen-bond donors (Lipinski definition) is 1. The van der Waals surface area contributed by atoms with Crippen LogP contribution in [0.2, 0.25) is 0 Å². The summed E-state index contributed by atoms with van der Waals surface area (Å²) in [6.45, 7) is 2.17. The molecule has 0 aliphatic carbocycles. The fourth-order valence-corrected chi connectivity index (χ4v) is 3.64. The van der Waals surface area contributed by atoms with Crippen molar-refractivity contribution in [1.82, 2.24) is 5.32 Å². The highest BCUT2D eigenvalue weighted by Crippen LogP contribution is 2.39. The molecule has 2 aromatic carbocycles. The van der Waals surface area contributed by atoms with Crippen LogP contribution in [0.1, 0.15) is 29.4 Å². The van der Waals surface area contributed by atoms with Gasteiger partial charge in [-0.15, -0.1) is 0 Å². The second-order valence-electron chi connectivity index (χ2n) is 5.14. The lowest BCUT2D eigenvalue weighted by molar-refractivity contribution is 0.403. The monoisotopic (exact) mass is 315 g/mol. The topological polar surface area (TPSA) is 12.0 Å². The van der Waals surface area contributed by atoms with Gasteiger partial charge in [0.05, 0.1) is 0 Å². The summed E-state index contributed by atoms with van der Waals surface area (Å²) in [6.07, 6.45) is 1.20. The van der Waals surface area contributed by atoms with E-state index in [0.29, 0.717) is 11.8 Å². The molecule has 1 aliphatic heterocycles. The van der Waals surface area contributed by atoms with Gasteiger partial charge in [0.2, 0.25) is 0 Å². The van der Waals surface area contributed by atoms with Gasteiger partial charge in [-0.1, -0.05) is 64.5 Å². The van der Waals surface area contributed by atoms with E-state index in [2.05, 4.69) is 75.8 Å². The third-order valence-corrected chi connectivity index (χ3v) is 4.74. The molecule has 0 aromatic heterocycles. The zero-order chi connectivity index (χ0) is 13.1. The van der Waals surface area contributed by atoms with Crippen LogP contribution in [0.5, 0.6) is 0 Å². The van der Waals surface area contributed by atoms with Crippen LogP contribution in [0, 0.1) is 0 Å². The Morgan fingerprint density at radius 1 is 0.895 bits per heavy atom. The Morgan fingerprint density at radius 2 is 1.63 bits per heavy atom. The molecular formula is C17H18BrN. The van der Waals surface area contributed by atoms with Crippen LogP contribution in [0.25, 0.3) is 0 Å². The van der Waals surface area contributed by atoms with E-state index in [1.165, 1.54) is 22.0 Å². The molecule has 0 bridgehead atoms. The first-order valence-electron chi connectivity index (χ1n) is 6.86. The lowest BCUT2D eigenvalue weighted by atomic mass is 9.77. The zero-order valence-corrected chi connectivity index (χ0v) is 12.4. The average molecular weight is 316 g/mol. The van der Waals surface area contributed by atoms with Gasteiger partial charge in [0, 0.05) is 16.9 Å². The molecule has 1 N–H and O–H groups in total. The molecule has 2 atom stereocenters. The van der Waals surface area contributed by atoms with Crippen molar-refractivity contribution in [3.63, 3.8) is 0 Å². The Balaban J connectivity index is 1.96. The standard InChI is InChI=1S/C17H18BrN/c18-17-9-5-4-8-15(17)14-10-11-19-12-16(14)13-6-2-1-3-7-13/h1-9,14,16,19H,10-12H2. The molecule has 19 heavy (non-hydrogen) atoms. The summed E-state index contributed by atoms with van der Waals surface area (Å²) in [5.74, 6) is 1.16. The highest BCUT2D eigenvalue weighted by atomic mass is 79.9. The Hall–Kier alpha value is -1.12. The summed E-state index contributed by atoms with van der Waals surface area (Å²) in [4.78, 5) is 0. The van der Waals surface area contributed by atoms with Gasteiger partial charge in [-0.2, -0.15) is 0 Å². The van der Waals surface area contributed by atoms with E-state index in [-0.39, 0.29) is 0 Å². The van der Waals surface area contributed by atoms with Crippen molar-refractivity contribution in [1.29, 1.82) is 0 Å². The zero-order valence-electron chi connectivity index (χ0n) is 10.9. The highest BCUT2D eigenvalue weighted by molar-refractivity contribution is 9.10. The first-order valence-corrected chi connectivity index (χ1v) is 7.65. The molecule has 0 amide bonds. The Kier molecular flexibility index (Phi) is 4.00. The van der Waals surface area contributed by atoms with Crippen molar-refractivity contribution in [2.45, 2.75) is 18.3 Å². The molecule has 3 rings (SSSR count). The number of piperidine rings is 1. The van der Waals surface area contributed by atoms with Crippen LogP contribution in [0.3, 0.4) is 0 Å². The minimum absolute atomic E-state index is 0.564. The number of rotatable bonds is 2. The summed E-state index contributed by atoms with van der Waals surface area (Å²) in [5, 5.41) is 3.54. The molecule has 0 spiro atoms. The smallest absolute Gasteiger partial charge is 0.0210 e. The van der Waals surface area contributed by atoms with Crippen molar-refractivity contribution in [2.24, 2.45) is 0 Å². The molecule has 2 heteroatoms. The molecule has 2 aromatic rings. The van der Waals surface area contributed by atoms with E-state index in [1.807, 2.05) is 0 Å². The minimum Gasteiger partial charge on any atom is -0.316 e. The molecule has 1 nitrogen and oxygen atoms in total. The van der Waals surface area contributed by atoms with E-state index >= 15 is 0 Å². The molecule has 1 aliphatic rings. The summed E-state index contributed by atoms with van der Waals surface area (Å²) >= 11 is 3.71. The van der Waals surface area contributed by atoms with E-state index in [4.69, 9.17) is 0 Å². The number of hydrogen-bond acceptors (Lipinski definition) is 1. The largest absolute Gasteiger partial charge is 0.316 e. The van der Waals surface area contributed by atoms with E-state index in [9.17, 15) is 0 Å². The van der Waals surface area contributed by atoms with Crippen LogP contribution < -0.4 is 5.32 Å². The molecule has 1 saturated heterocycles. The Bertz CT molecular complexity index is 538. The first kappa shape index (κ1) is 12.9. The van der Waals surface area contributed by atoms with Gasteiger partial charge in [-0.3, -0.25) is 0 Å². The quantitative estimate of drug-likeness (QED) is 0.870. The van der Waals surface area contributed by atoms with Crippen molar-refractivity contribution < 1.29 is 0 Å². The third kappa shape index (κ3) is 2.75. The number of benzene rings is 2. The summed E-state index contributed by atoms with van der Waals surface area (Å²) < 4.78 is 1.24. The van der Waals surface area contributed by atoms with Gasteiger partial charge < -0.3 is 5.32 Å². The van der Waals surface area contributed by atoms with Crippen LogP contribution in [-0.2, 0) is 0 Å². The maximum absolute atomic E-state index is 3.71. The number of halogens is 1. The fraction of sp³-hybridized carbons (Fsp3) is 0.294. The van der Waals surface area contributed by atoms with Crippen LogP contribution in [-0.4, -0.2) is 13.1 Å². The van der Waals surface area contributed by atoms with E-state index in [0.717, 1.165) is 13.1 Å². The van der Waals surface area contributed by atoms with Crippen molar-refractivity contribution in [3.05, 3.63) is 70.2 Å². The lowest BCUT2D eigenvalue weighted by Crippen LogP contribution is -2.34. The van der Waals surface area contributed by atoms with Gasteiger partial charge in [-0.25, -0.2) is 0 Å². The van der Waals surface area contributed by atoms with Crippen molar-refractivity contribution in [3.8, 4) is 0 Å². The van der Waals surface area contributed by atoms with Crippen molar-refractivity contribution >= 4 is 15.9 Å². The summed E-state index contributed by atoms with van der Waals surface area (Å²) in [5.41, 5.74) is 2.88. The SMILES string of the molecule is Brc1ccccc1C1CCNCC1c1ccccc1. The number of nitrogens with one attached hydrogen (secondary N) is 1. The maximum Gasteiger partial charge on any atom is 0.0210 e. The third-order valence-electron chi connectivity index (χ3n) is 4.01. The second-order valence-corrected chi connectivity index (χ2v) is 5.99. The van der Waals surface area contributed by atoms with E-state index < -0.39 is 0 Å². The van der Waals surface area contributed by atoms with Crippen LogP contribution >= 0.6 is 15.9 Å². The lowest BCUT2D eigenvalue weighted by Gasteiger charge is -2.33. The van der Waals surface area contributed by atoms with Gasteiger partial charge >= 0.3 is 0 Å². The maximum atomic E-state index is 3.71. The predicted molar refractivity (Wildman–Crippen MR) is 83.6 cm³/mol. The highest BCUT2D eigenvalue weighted by Gasteiger charge is 2.28. The molecular weight excluding hydrogens is 298 g/mol. The second kappa shape index (κ2) is 5.89. The van der Waals surface area contributed by atoms with E-state index in [1.54, 1.807) is 0 Å². The van der Waals surface area contributed by atoms with Gasteiger partial charge in [0.1, 0.15) is 0 Å². The summed E-state index contributed by atoms with van der Waals surface area (Å²) in [7, 11) is 0. The van der Waals surface area contributed by atoms with Crippen LogP contribution in [0.4, 0.5) is 0 Å². The predicted octanol–water partition coefficient (Wildman–Crippen LogP) is 4.31. The molecule has 1 heterocycles. The minimum atomic E-state index is 0.564. The van der Waals surface area contributed by atoms with Gasteiger partial charge in [0.15, 0.2) is 0 Å². The molecule has 0 radical (unpaired) electrons. The molecule has 98 valence electrons. The van der Waals surface area contributed by atoms with Gasteiger partial charge in [0.25, 0.3) is 0 Å². The summed E-state index contributed by atoms with van der Waals surface area (Å²) in [6, 6.07) is 19.5. The normalized spacial score (nSPS) is 23.2. The molecule has 0 saturated carbocycles. The average Bonchev–Trinajstić information content (AvgIpc) is 2.49. The fourth-order valence-electron chi connectivity index (χ4n) is 3.06. The van der Waals surface area contributed by atoms with Crippen LogP contribution in [0.15, 0.2) is 59.1 Å².